The molecule has 2 aromatic rings. The van der Waals surface area contributed by atoms with Crippen LogP contribution in [0.2, 0.25) is 0 Å². The van der Waals surface area contributed by atoms with Crippen LogP contribution in [-0.2, 0) is 23.7 Å². The third-order valence-electron chi connectivity index (χ3n) is 10.2. The van der Waals surface area contributed by atoms with Gasteiger partial charge in [0.2, 0.25) is 0 Å². The van der Waals surface area contributed by atoms with E-state index in [0.29, 0.717) is 11.8 Å². The predicted molar refractivity (Wildman–Crippen MR) is 212 cm³/mol. The Bertz CT molecular complexity index is 1380. The van der Waals surface area contributed by atoms with Crippen molar-refractivity contribution in [3.8, 4) is 0 Å². The van der Waals surface area contributed by atoms with Gasteiger partial charge in [-0.05, 0) is 87.8 Å². The van der Waals surface area contributed by atoms with Gasteiger partial charge in [0.05, 0.1) is 18.2 Å². The van der Waals surface area contributed by atoms with Gasteiger partial charge in [0.25, 0.3) is 0 Å². The Morgan fingerprint density at radius 1 is 0.636 bits per heavy atom. The van der Waals surface area contributed by atoms with Gasteiger partial charge in [-0.3, -0.25) is 0 Å². The summed E-state index contributed by atoms with van der Waals surface area (Å²) in [6.45, 7) is 14.7. The van der Waals surface area contributed by atoms with Crippen LogP contribution in [0.15, 0.2) is 36.4 Å². The first-order valence-electron chi connectivity index (χ1n) is 20.5. The van der Waals surface area contributed by atoms with Crippen molar-refractivity contribution in [3.63, 3.8) is 0 Å². The summed E-state index contributed by atoms with van der Waals surface area (Å²) in [7, 11) is 1.25. The molecule has 0 aliphatic carbocycles. The summed E-state index contributed by atoms with van der Waals surface area (Å²) in [5.41, 5.74) is 1.20. The van der Waals surface area contributed by atoms with Crippen LogP contribution in [0, 0.1) is 23.5 Å². The molecule has 10 nitrogen and oxygen atoms in total. The molecule has 310 valence electrons. The van der Waals surface area contributed by atoms with Crippen molar-refractivity contribution in [2.24, 2.45) is 11.8 Å². The molecular weight excluding hydrogens is 710 g/mol. The highest BCUT2D eigenvalue weighted by molar-refractivity contribution is 5.90. The van der Waals surface area contributed by atoms with Crippen molar-refractivity contribution in [1.29, 1.82) is 0 Å². The van der Waals surface area contributed by atoms with E-state index in [1.807, 2.05) is 0 Å². The van der Waals surface area contributed by atoms with Crippen LogP contribution in [-0.4, -0.2) is 89.3 Å². The summed E-state index contributed by atoms with van der Waals surface area (Å²) in [5, 5.41) is 8.96. The molecule has 1 N–H and O–H groups in total. The number of esters is 1. The van der Waals surface area contributed by atoms with E-state index in [4.69, 9.17) is 24.1 Å². The fourth-order valence-electron chi connectivity index (χ4n) is 6.73. The van der Waals surface area contributed by atoms with E-state index in [1.54, 1.807) is 12.1 Å². The molecule has 0 aromatic heterocycles. The van der Waals surface area contributed by atoms with Gasteiger partial charge >= 0.3 is 11.9 Å². The van der Waals surface area contributed by atoms with Gasteiger partial charge in [0, 0.05) is 75.8 Å². The third kappa shape index (κ3) is 15.3. The maximum atomic E-state index is 14.2. The number of hydrogen-bond acceptors (Lipinski definition) is 9. The Hall–Kier alpha value is -3.32. The molecule has 0 amide bonds. The number of methoxy groups -OCH3 is 1. The lowest BCUT2D eigenvalue weighted by molar-refractivity contribution is -0.177. The van der Waals surface area contributed by atoms with Crippen molar-refractivity contribution >= 4 is 23.3 Å². The van der Waals surface area contributed by atoms with E-state index in [1.165, 1.54) is 31.4 Å². The number of carbonyl (C=O) groups is 2. The summed E-state index contributed by atoms with van der Waals surface area (Å²) in [4.78, 5) is 26.8. The Morgan fingerprint density at radius 3 is 1.27 bits per heavy atom. The largest absolute Gasteiger partial charge is 0.478 e. The van der Waals surface area contributed by atoms with Crippen molar-refractivity contribution in [1.82, 2.24) is 0 Å². The molecular formula is C43H66F2N2O8. The molecule has 0 saturated carbocycles. The zero-order valence-electron chi connectivity index (χ0n) is 33.9. The van der Waals surface area contributed by atoms with Crippen molar-refractivity contribution in [2.45, 2.75) is 117 Å². The maximum absolute atomic E-state index is 14.2. The van der Waals surface area contributed by atoms with Crippen LogP contribution in [0.5, 0.6) is 0 Å². The molecule has 2 aliphatic heterocycles. The van der Waals surface area contributed by atoms with Gasteiger partial charge in [-0.2, -0.15) is 0 Å². The first kappa shape index (κ1) is 46.1. The Labute approximate surface area is 327 Å². The number of carboxylic acid groups (broad SMARTS) is 1. The lowest BCUT2D eigenvalue weighted by atomic mass is 9.95. The van der Waals surface area contributed by atoms with E-state index in [-0.39, 0.29) is 23.7 Å². The number of carbonyl (C=O) groups excluding carboxylic acids is 1. The first-order chi connectivity index (χ1) is 26.7. The van der Waals surface area contributed by atoms with Gasteiger partial charge < -0.3 is 38.6 Å². The van der Waals surface area contributed by atoms with Gasteiger partial charge in [-0.1, -0.05) is 53.4 Å². The Morgan fingerprint density at radius 2 is 0.982 bits per heavy atom. The molecule has 0 unspecified atom stereocenters. The van der Waals surface area contributed by atoms with Gasteiger partial charge in [0.15, 0.2) is 12.6 Å². The molecule has 0 radical (unpaired) electrons. The van der Waals surface area contributed by atoms with Crippen LogP contribution in [0.25, 0.3) is 0 Å². The fraction of sp³-hybridized carbons (Fsp3) is 0.674. The minimum atomic E-state index is -1.24. The molecule has 0 atom stereocenters. The zero-order valence-corrected chi connectivity index (χ0v) is 33.9. The molecule has 2 aliphatic rings. The van der Waals surface area contributed by atoms with Crippen LogP contribution >= 0.6 is 0 Å². The van der Waals surface area contributed by atoms with Crippen LogP contribution in [0.3, 0.4) is 0 Å². The van der Waals surface area contributed by atoms with Crippen molar-refractivity contribution in [3.05, 3.63) is 59.2 Å². The monoisotopic (exact) mass is 776 g/mol. The first-order valence-corrected chi connectivity index (χ1v) is 20.5. The average molecular weight is 777 g/mol. The Kier molecular flexibility index (Phi) is 21.6. The number of nitrogens with zero attached hydrogens (tertiary/aromatic N) is 2. The standard InChI is InChI=1S/C22H34FNO4.C21H32FNO4/c1-4-6-14-27-22(28-15-7-5-2)17-10-12-24(13-11-17)18-8-9-19(20(23)16-18)21(25)26-3;1-3-5-13-26-21(27-14-6-4-2)16-9-11-23(12-10-16)17-7-8-18(20(24)25)19(22)15-17/h8-9,16-17,22H,4-7,10-15H2,1-3H3;7-8,15-16,21H,3-6,9-14H2,1-2H3,(H,24,25). The SMILES string of the molecule is CCCCOC(OCCCC)C1CCN(c2ccc(C(=O)O)c(F)c2)CC1.CCCCOC(OCCCC)C1CCN(c2ccc(C(=O)OC)c(F)c2)CC1. The minimum Gasteiger partial charge on any atom is -0.478 e. The summed E-state index contributed by atoms with van der Waals surface area (Å²) >= 11 is 0. The average Bonchev–Trinajstić information content (AvgIpc) is 3.20. The predicted octanol–water partition coefficient (Wildman–Crippen LogP) is 9.49. The van der Waals surface area contributed by atoms with Crippen LogP contribution in [0.4, 0.5) is 20.2 Å². The fourth-order valence-corrected chi connectivity index (χ4v) is 6.73. The van der Waals surface area contributed by atoms with E-state index >= 15 is 0 Å². The molecule has 2 fully saturated rings. The number of hydrogen-bond donors (Lipinski definition) is 1. The smallest absolute Gasteiger partial charge is 0.340 e. The maximum Gasteiger partial charge on any atom is 0.340 e. The molecule has 2 heterocycles. The lowest BCUT2D eigenvalue weighted by Gasteiger charge is -2.37. The highest BCUT2D eigenvalue weighted by atomic mass is 19.1. The number of aromatic carboxylic acids is 1. The van der Waals surface area contributed by atoms with Crippen LogP contribution in [0.1, 0.15) is 125 Å². The number of unbranched alkanes of at least 4 members (excludes halogenated alkanes) is 4. The molecule has 0 spiro atoms. The summed E-state index contributed by atoms with van der Waals surface area (Å²) < 4.78 is 56.9. The van der Waals surface area contributed by atoms with Gasteiger partial charge in [0.1, 0.15) is 11.6 Å². The number of piperidine rings is 2. The second-order valence-corrected chi connectivity index (χ2v) is 14.4. The van der Waals surface area contributed by atoms with Crippen molar-refractivity contribution in [2.75, 3.05) is 69.5 Å². The van der Waals surface area contributed by atoms with E-state index in [0.717, 1.165) is 141 Å². The highest BCUT2D eigenvalue weighted by Gasteiger charge is 2.30. The number of halogens is 2. The topological polar surface area (TPSA) is 107 Å². The van der Waals surface area contributed by atoms with Gasteiger partial charge in [-0.25, -0.2) is 18.4 Å². The number of carboxylic acids is 1. The number of rotatable bonds is 22. The molecule has 4 rings (SSSR count). The summed E-state index contributed by atoms with van der Waals surface area (Å²) in [6, 6.07) is 9.02. The number of benzene rings is 2. The summed E-state index contributed by atoms with van der Waals surface area (Å²) in [6.07, 6.45) is 11.9. The Balaban J connectivity index is 0.000000296. The third-order valence-corrected chi connectivity index (χ3v) is 10.2. The minimum absolute atomic E-state index is 0.0325. The zero-order chi connectivity index (χ0) is 40.0. The molecule has 0 bridgehead atoms. The second kappa shape index (κ2) is 25.8. The second-order valence-electron chi connectivity index (χ2n) is 14.4. The molecule has 55 heavy (non-hydrogen) atoms. The summed E-state index contributed by atoms with van der Waals surface area (Å²) in [5.74, 6) is -2.45. The van der Waals surface area contributed by atoms with E-state index in [9.17, 15) is 18.4 Å². The molecule has 12 heteroatoms. The van der Waals surface area contributed by atoms with E-state index in [2.05, 4.69) is 42.2 Å². The molecule has 2 aromatic carbocycles. The normalized spacial score (nSPS) is 15.4. The van der Waals surface area contributed by atoms with Gasteiger partial charge in [-0.15, -0.1) is 0 Å². The van der Waals surface area contributed by atoms with E-state index < -0.39 is 23.6 Å². The molecule has 2 saturated heterocycles. The highest BCUT2D eigenvalue weighted by Crippen LogP contribution is 2.30. The van der Waals surface area contributed by atoms with Crippen LogP contribution < -0.4 is 9.80 Å². The van der Waals surface area contributed by atoms with Crippen molar-refractivity contribution < 1.29 is 47.2 Å². The quantitative estimate of drug-likeness (QED) is 0.0706. The lowest BCUT2D eigenvalue weighted by Crippen LogP contribution is -2.40. The number of ether oxygens (including phenoxy) is 5. The number of anilines is 2.